The molecule has 29 heavy (non-hydrogen) atoms. The summed E-state index contributed by atoms with van der Waals surface area (Å²) in [5, 5.41) is 12.5. The Balaban J connectivity index is 2.01. The lowest BCUT2D eigenvalue weighted by Crippen LogP contribution is -2.67. The topological polar surface area (TPSA) is 69.6 Å². The van der Waals surface area contributed by atoms with Crippen LogP contribution in [0.25, 0.3) is 0 Å². The number of carbonyl (C=O) groups is 2. The first-order valence-electron chi connectivity index (χ1n) is 8.72. The Hall–Kier alpha value is -2.14. The van der Waals surface area contributed by atoms with Gasteiger partial charge in [0, 0.05) is 15.5 Å². The minimum absolute atomic E-state index is 0.0584. The molecule has 1 amide bonds. The average Bonchev–Trinajstić information content (AvgIpc) is 2.64. The fraction of sp³-hybridized carbons (Fsp3) is 0.300. The standard InChI is InChI=1S/C20H18F3IN2O3/c1-20(2,9-27)18-15(28)8-26(18)19(29)11-4-5-12(21)16(23)17(11)25-14-6-3-10(24)7-13(14)22/h3-7,9,15,18,25,28H,8H2,1-2H3. The summed E-state index contributed by atoms with van der Waals surface area (Å²) in [6, 6.07) is 5.19. The van der Waals surface area contributed by atoms with Crippen LogP contribution in [-0.2, 0) is 4.79 Å². The third-order valence-corrected chi connectivity index (χ3v) is 5.60. The number of carbonyl (C=O) groups excluding carboxylic acids is 2. The van der Waals surface area contributed by atoms with Gasteiger partial charge in [0.2, 0.25) is 0 Å². The number of anilines is 2. The van der Waals surface area contributed by atoms with E-state index in [-0.39, 0.29) is 17.8 Å². The summed E-state index contributed by atoms with van der Waals surface area (Å²) in [5.74, 6) is -3.94. The number of aliphatic hydroxyl groups is 1. The van der Waals surface area contributed by atoms with Crippen LogP contribution >= 0.6 is 22.6 Å². The summed E-state index contributed by atoms with van der Waals surface area (Å²) in [4.78, 5) is 25.6. The highest BCUT2D eigenvalue weighted by atomic mass is 127. The molecule has 1 aliphatic rings. The van der Waals surface area contributed by atoms with Crippen molar-refractivity contribution in [2.75, 3.05) is 11.9 Å². The highest BCUT2D eigenvalue weighted by Crippen LogP contribution is 2.36. The molecular formula is C20H18F3IN2O3. The van der Waals surface area contributed by atoms with Gasteiger partial charge in [0.25, 0.3) is 5.91 Å². The zero-order chi connectivity index (χ0) is 21.5. The molecule has 1 saturated heterocycles. The molecule has 2 atom stereocenters. The van der Waals surface area contributed by atoms with E-state index < -0.39 is 46.6 Å². The largest absolute Gasteiger partial charge is 0.389 e. The van der Waals surface area contributed by atoms with E-state index >= 15 is 0 Å². The van der Waals surface area contributed by atoms with Crippen LogP contribution in [-0.4, -0.2) is 40.9 Å². The fourth-order valence-corrected chi connectivity index (χ4v) is 3.85. The van der Waals surface area contributed by atoms with Crippen LogP contribution in [0, 0.1) is 26.4 Å². The third-order valence-electron chi connectivity index (χ3n) is 4.93. The molecular weight excluding hydrogens is 500 g/mol. The van der Waals surface area contributed by atoms with Gasteiger partial charge >= 0.3 is 0 Å². The lowest BCUT2D eigenvalue weighted by molar-refractivity contribution is -0.131. The number of hydrogen-bond acceptors (Lipinski definition) is 4. The summed E-state index contributed by atoms with van der Waals surface area (Å²) in [6.45, 7) is 3.08. The maximum Gasteiger partial charge on any atom is 0.256 e. The van der Waals surface area contributed by atoms with Crippen LogP contribution in [0.2, 0.25) is 0 Å². The van der Waals surface area contributed by atoms with E-state index in [2.05, 4.69) is 5.32 Å². The second kappa shape index (κ2) is 7.94. The predicted octanol–water partition coefficient (Wildman–Crippen LogP) is 3.86. The summed E-state index contributed by atoms with van der Waals surface area (Å²) in [7, 11) is 0. The highest BCUT2D eigenvalue weighted by molar-refractivity contribution is 14.1. The zero-order valence-corrected chi connectivity index (χ0v) is 17.7. The zero-order valence-electron chi connectivity index (χ0n) is 15.5. The Kier molecular flexibility index (Phi) is 5.91. The predicted molar refractivity (Wildman–Crippen MR) is 109 cm³/mol. The number of rotatable bonds is 5. The van der Waals surface area contributed by atoms with Gasteiger partial charge in [-0.1, -0.05) is 13.8 Å². The maximum absolute atomic E-state index is 14.5. The molecule has 0 aromatic heterocycles. The number of amides is 1. The van der Waals surface area contributed by atoms with Gasteiger partial charge in [-0.15, -0.1) is 0 Å². The number of benzene rings is 2. The number of nitrogens with one attached hydrogen (secondary N) is 1. The van der Waals surface area contributed by atoms with Gasteiger partial charge < -0.3 is 20.1 Å². The normalized spacial score (nSPS) is 18.9. The third kappa shape index (κ3) is 3.97. The van der Waals surface area contributed by atoms with Gasteiger partial charge in [-0.3, -0.25) is 4.79 Å². The second-order valence-electron chi connectivity index (χ2n) is 7.44. The lowest BCUT2D eigenvalue weighted by atomic mass is 9.76. The van der Waals surface area contributed by atoms with E-state index in [0.717, 1.165) is 12.1 Å². The Morgan fingerprint density at radius 1 is 1.24 bits per heavy atom. The van der Waals surface area contributed by atoms with Crippen LogP contribution < -0.4 is 5.32 Å². The molecule has 154 valence electrons. The first-order valence-corrected chi connectivity index (χ1v) is 9.80. The molecule has 0 spiro atoms. The molecule has 0 radical (unpaired) electrons. The monoisotopic (exact) mass is 518 g/mol. The molecule has 2 aromatic carbocycles. The van der Waals surface area contributed by atoms with Crippen molar-refractivity contribution in [3.63, 3.8) is 0 Å². The number of β-amino-alcohol motifs (C(OH)–C–C–N with tert-alkyl or cyclic N) is 1. The quantitative estimate of drug-likeness (QED) is 0.466. The molecule has 5 nitrogen and oxygen atoms in total. The molecule has 2 aromatic rings. The van der Waals surface area contributed by atoms with E-state index in [0.29, 0.717) is 9.86 Å². The van der Waals surface area contributed by atoms with Crippen molar-refractivity contribution in [2.45, 2.75) is 26.0 Å². The van der Waals surface area contributed by atoms with Crippen LogP contribution in [0.4, 0.5) is 24.5 Å². The van der Waals surface area contributed by atoms with Crippen LogP contribution in [0.1, 0.15) is 24.2 Å². The number of aldehydes is 1. The molecule has 3 rings (SSSR count). The Labute approximate surface area is 179 Å². The van der Waals surface area contributed by atoms with Crippen molar-refractivity contribution in [3.8, 4) is 0 Å². The minimum atomic E-state index is -1.33. The van der Waals surface area contributed by atoms with E-state index in [4.69, 9.17) is 0 Å². The molecule has 1 fully saturated rings. The first kappa shape index (κ1) is 21.6. The van der Waals surface area contributed by atoms with E-state index in [9.17, 15) is 27.9 Å². The van der Waals surface area contributed by atoms with E-state index in [1.54, 1.807) is 19.9 Å². The highest BCUT2D eigenvalue weighted by Gasteiger charge is 2.50. The van der Waals surface area contributed by atoms with Crippen LogP contribution in [0.5, 0.6) is 0 Å². The molecule has 0 bridgehead atoms. The molecule has 1 heterocycles. The van der Waals surface area contributed by atoms with Crippen LogP contribution in [0.15, 0.2) is 30.3 Å². The van der Waals surface area contributed by atoms with Gasteiger partial charge in [0.05, 0.1) is 29.1 Å². The van der Waals surface area contributed by atoms with Gasteiger partial charge in [0.15, 0.2) is 11.6 Å². The summed E-state index contributed by atoms with van der Waals surface area (Å²) >= 11 is 1.90. The van der Waals surface area contributed by atoms with Crippen molar-refractivity contribution in [3.05, 3.63) is 56.9 Å². The van der Waals surface area contributed by atoms with Crippen LogP contribution in [0.3, 0.4) is 0 Å². The average molecular weight is 518 g/mol. The number of hydrogen-bond donors (Lipinski definition) is 2. The Bertz CT molecular complexity index is 984. The molecule has 0 aliphatic carbocycles. The van der Waals surface area contributed by atoms with Gasteiger partial charge in [-0.2, -0.15) is 0 Å². The molecule has 2 N–H and O–H groups in total. The molecule has 9 heteroatoms. The Morgan fingerprint density at radius 2 is 1.93 bits per heavy atom. The number of nitrogens with zero attached hydrogens (tertiary/aromatic N) is 1. The Morgan fingerprint density at radius 3 is 2.52 bits per heavy atom. The smallest absolute Gasteiger partial charge is 0.256 e. The molecule has 0 saturated carbocycles. The molecule has 2 unspecified atom stereocenters. The van der Waals surface area contributed by atoms with Crippen molar-refractivity contribution in [1.82, 2.24) is 4.90 Å². The van der Waals surface area contributed by atoms with Crippen molar-refractivity contribution in [1.29, 1.82) is 0 Å². The van der Waals surface area contributed by atoms with E-state index in [1.807, 2.05) is 22.6 Å². The van der Waals surface area contributed by atoms with Gasteiger partial charge in [0.1, 0.15) is 12.1 Å². The summed E-state index contributed by atoms with van der Waals surface area (Å²) in [6.07, 6.45) is -0.291. The van der Waals surface area contributed by atoms with Crippen molar-refractivity contribution < 1.29 is 27.9 Å². The second-order valence-corrected chi connectivity index (χ2v) is 8.69. The fourth-order valence-electron chi connectivity index (χ4n) is 3.39. The van der Waals surface area contributed by atoms with Gasteiger partial charge in [-0.05, 0) is 52.9 Å². The van der Waals surface area contributed by atoms with E-state index in [1.165, 1.54) is 17.0 Å². The van der Waals surface area contributed by atoms with Gasteiger partial charge in [-0.25, -0.2) is 13.2 Å². The number of likely N-dealkylation sites (tertiary alicyclic amines) is 1. The first-order chi connectivity index (χ1) is 13.6. The lowest BCUT2D eigenvalue weighted by Gasteiger charge is -2.51. The van der Waals surface area contributed by atoms with Crippen molar-refractivity contribution in [2.24, 2.45) is 5.41 Å². The summed E-state index contributed by atoms with van der Waals surface area (Å²) in [5.41, 5.74) is -1.92. The molecule has 1 aliphatic heterocycles. The SMILES string of the molecule is CC(C)(C=O)C1C(O)CN1C(=O)c1ccc(F)c(F)c1Nc1ccc(I)cc1F. The minimum Gasteiger partial charge on any atom is -0.389 e. The summed E-state index contributed by atoms with van der Waals surface area (Å²) < 4.78 is 43.2. The number of halogens is 4. The van der Waals surface area contributed by atoms with Crippen molar-refractivity contribution >= 4 is 46.2 Å². The maximum atomic E-state index is 14.5. The number of aliphatic hydroxyl groups excluding tert-OH is 1.